The van der Waals surface area contributed by atoms with Crippen LogP contribution in [0.4, 0.5) is 10.1 Å². The molecule has 3 nitrogen and oxygen atoms in total. The van der Waals surface area contributed by atoms with Crippen LogP contribution in [-0.2, 0) is 17.8 Å². The second kappa shape index (κ2) is 9.43. The van der Waals surface area contributed by atoms with Crippen molar-refractivity contribution in [3.8, 4) is 0 Å². The van der Waals surface area contributed by atoms with E-state index in [-0.39, 0.29) is 29.8 Å². The SMILES string of the molecule is Cl.O=C(CCSc1ccc(Cl)cc1)Nc1ccc2c(c1F)CCNC2. The highest BCUT2D eigenvalue weighted by atomic mass is 35.5. The average Bonchev–Trinajstić information content (AvgIpc) is 2.59. The van der Waals surface area contributed by atoms with E-state index in [2.05, 4.69) is 10.6 Å². The van der Waals surface area contributed by atoms with Crippen molar-refractivity contribution in [3.05, 3.63) is 58.4 Å². The summed E-state index contributed by atoms with van der Waals surface area (Å²) in [7, 11) is 0. The number of carbonyl (C=O) groups is 1. The highest BCUT2D eigenvalue weighted by Crippen LogP contribution is 2.25. The van der Waals surface area contributed by atoms with Gasteiger partial charge in [-0.1, -0.05) is 17.7 Å². The predicted molar refractivity (Wildman–Crippen MR) is 104 cm³/mol. The van der Waals surface area contributed by atoms with Crippen molar-refractivity contribution in [2.75, 3.05) is 17.6 Å². The maximum atomic E-state index is 14.5. The fourth-order valence-electron chi connectivity index (χ4n) is 2.64. The molecule has 0 spiro atoms. The molecule has 2 N–H and O–H groups in total. The van der Waals surface area contributed by atoms with Gasteiger partial charge in [0, 0.05) is 28.6 Å². The number of anilines is 1. The zero-order valence-electron chi connectivity index (χ0n) is 13.5. The average molecular weight is 401 g/mol. The summed E-state index contributed by atoms with van der Waals surface area (Å²) in [6, 6.07) is 11.0. The van der Waals surface area contributed by atoms with E-state index in [9.17, 15) is 9.18 Å². The first-order chi connectivity index (χ1) is 11.6. The highest BCUT2D eigenvalue weighted by Gasteiger charge is 2.17. The van der Waals surface area contributed by atoms with Gasteiger partial charge in [-0.2, -0.15) is 0 Å². The molecule has 1 amide bonds. The van der Waals surface area contributed by atoms with Gasteiger partial charge in [0.15, 0.2) is 0 Å². The minimum Gasteiger partial charge on any atom is -0.324 e. The molecule has 0 aromatic heterocycles. The fourth-order valence-corrected chi connectivity index (χ4v) is 3.61. The Balaban J connectivity index is 0.00000225. The lowest BCUT2D eigenvalue weighted by atomic mass is 9.99. The number of hydrogen-bond donors (Lipinski definition) is 2. The van der Waals surface area contributed by atoms with E-state index in [4.69, 9.17) is 11.6 Å². The molecular formula is C18H19Cl2FN2OS. The molecular weight excluding hydrogens is 382 g/mol. The first-order valence-electron chi connectivity index (χ1n) is 7.82. The molecule has 1 aliphatic heterocycles. The summed E-state index contributed by atoms with van der Waals surface area (Å²) in [5, 5.41) is 6.59. The number of halogens is 3. The van der Waals surface area contributed by atoms with Crippen molar-refractivity contribution in [2.24, 2.45) is 0 Å². The van der Waals surface area contributed by atoms with E-state index in [0.717, 1.165) is 17.0 Å². The first-order valence-corrected chi connectivity index (χ1v) is 9.19. The standard InChI is InChI=1S/C18H18ClFN2OS.ClH/c19-13-2-4-14(5-3-13)24-10-8-17(23)22-16-6-1-12-11-21-9-7-15(12)18(16)20;/h1-6,21H,7-11H2,(H,22,23);1H. The summed E-state index contributed by atoms with van der Waals surface area (Å²) in [5.41, 5.74) is 1.95. The zero-order valence-corrected chi connectivity index (χ0v) is 15.9. The van der Waals surface area contributed by atoms with Crippen LogP contribution < -0.4 is 10.6 Å². The molecule has 134 valence electrons. The quantitative estimate of drug-likeness (QED) is 0.716. The maximum absolute atomic E-state index is 14.5. The van der Waals surface area contributed by atoms with Gasteiger partial charge < -0.3 is 10.6 Å². The van der Waals surface area contributed by atoms with Gasteiger partial charge in [-0.05, 0) is 54.4 Å². The normalized spacial score (nSPS) is 12.9. The second-order valence-electron chi connectivity index (χ2n) is 5.59. The number of carbonyl (C=O) groups excluding carboxylic acids is 1. The molecule has 2 aromatic carbocycles. The molecule has 7 heteroatoms. The van der Waals surface area contributed by atoms with Gasteiger partial charge in [-0.15, -0.1) is 24.2 Å². The Bertz CT molecular complexity index is 741. The van der Waals surface area contributed by atoms with Gasteiger partial charge in [-0.25, -0.2) is 4.39 Å². The monoisotopic (exact) mass is 400 g/mol. The molecule has 0 unspecified atom stereocenters. The fraction of sp³-hybridized carbons (Fsp3) is 0.278. The third-order valence-corrected chi connectivity index (χ3v) is 5.16. The number of rotatable bonds is 5. The van der Waals surface area contributed by atoms with E-state index in [1.165, 1.54) is 0 Å². The Hall–Kier alpha value is -1.27. The van der Waals surface area contributed by atoms with Crippen LogP contribution in [0.3, 0.4) is 0 Å². The number of amides is 1. The van der Waals surface area contributed by atoms with E-state index in [0.29, 0.717) is 35.7 Å². The van der Waals surface area contributed by atoms with Crippen LogP contribution in [0.5, 0.6) is 0 Å². The lowest BCUT2D eigenvalue weighted by Gasteiger charge is -2.19. The summed E-state index contributed by atoms with van der Waals surface area (Å²) < 4.78 is 14.5. The lowest BCUT2D eigenvalue weighted by Crippen LogP contribution is -2.25. The number of hydrogen-bond acceptors (Lipinski definition) is 3. The van der Waals surface area contributed by atoms with E-state index in [1.807, 2.05) is 30.3 Å². The Kier molecular flexibility index (Phi) is 7.56. The topological polar surface area (TPSA) is 41.1 Å². The summed E-state index contributed by atoms with van der Waals surface area (Å²) in [5.74, 6) is 0.154. The summed E-state index contributed by atoms with van der Waals surface area (Å²) in [6.45, 7) is 1.44. The molecule has 25 heavy (non-hydrogen) atoms. The van der Waals surface area contributed by atoms with Crippen molar-refractivity contribution in [2.45, 2.75) is 24.3 Å². The third-order valence-electron chi connectivity index (χ3n) is 3.89. The molecule has 2 aromatic rings. The van der Waals surface area contributed by atoms with Crippen LogP contribution >= 0.6 is 35.8 Å². The van der Waals surface area contributed by atoms with Gasteiger partial charge >= 0.3 is 0 Å². The van der Waals surface area contributed by atoms with Crippen LogP contribution in [0.25, 0.3) is 0 Å². The number of nitrogens with one attached hydrogen (secondary N) is 2. The van der Waals surface area contributed by atoms with Gasteiger partial charge in [0.25, 0.3) is 0 Å². The molecule has 0 bridgehead atoms. The van der Waals surface area contributed by atoms with Crippen LogP contribution in [-0.4, -0.2) is 18.2 Å². The minimum atomic E-state index is -0.298. The van der Waals surface area contributed by atoms with Gasteiger partial charge in [0.05, 0.1) is 5.69 Å². The molecule has 0 saturated carbocycles. The second-order valence-corrected chi connectivity index (χ2v) is 7.20. The first kappa shape index (κ1) is 20.0. The molecule has 0 radical (unpaired) electrons. The van der Waals surface area contributed by atoms with Gasteiger partial charge in [0.2, 0.25) is 5.91 Å². The van der Waals surface area contributed by atoms with Crippen LogP contribution in [0.1, 0.15) is 17.5 Å². The Morgan fingerprint density at radius 3 is 2.76 bits per heavy atom. The zero-order chi connectivity index (χ0) is 16.9. The third kappa shape index (κ3) is 5.35. The van der Waals surface area contributed by atoms with Gasteiger partial charge in [0.1, 0.15) is 5.82 Å². The highest BCUT2D eigenvalue weighted by molar-refractivity contribution is 7.99. The number of fused-ring (bicyclic) bond motifs is 1. The smallest absolute Gasteiger partial charge is 0.225 e. The van der Waals surface area contributed by atoms with E-state index in [1.54, 1.807) is 17.8 Å². The Labute approximate surface area is 162 Å². The largest absolute Gasteiger partial charge is 0.324 e. The Morgan fingerprint density at radius 2 is 2.00 bits per heavy atom. The number of benzene rings is 2. The van der Waals surface area contributed by atoms with Crippen molar-refractivity contribution in [3.63, 3.8) is 0 Å². The Morgan fingerprint density at radius 1 is 1.24 bits per heavy atom. The molecule has 0 saturated heterocycles. The van der Waals surface area contributed by atoms with Gasteiger partial charge in [-0.3, -0.25) is 4.79 Å². The van der Waals surface area contributed by atoms with E-state index < -0.39 is 0 Å². The lowest BCUT2D eigenvalue weighted by molar-refractivity contribution is -0.115. The minimum absolute atomic E-state index is 0. The van der Waals surface area contributed by atoms with Crippen LogP contribution in [0, 0.1) is 5.82 Å². The summed E-state index contributed by atoms with van der Waals surface area (Å²) in [6.07, 6.45) is 0.975. The number of thioether (sulfide) groups is 1. The van der Waals surface area contributed by atoms with Crippen LogP contribution in [0.2, 0.25) is 5.02 Å². The van der Waals surface area contributed by atoms with Crippen molar-refractivity contribution in [1.29, 1.82) is 0 Å². The van der Waals surface area contributed by atoms with Crippen molar-refractivity contribution >= 4 is 47.4 Å². The molecule has 3 rings (SSSR count). The molecule has 1 heterocycles. The summed E-state index contributed by atoms with van der Waals surface area (Å²) in [4.78, 5) is 13.1. The van der Waals surface area contributed by atoms with Crippen molar-refractivity contribution < 1.29 is 9.18 Å². The maximum Gasteiger partial charge on any atom is 0.225 e. The van der Waals surface area contributed by atoms with E-state index >= 15 is 0 Å². The van der Waals surface area contributed by atoms with Crippen LogP contribution in [0.15, 0.2) is 41.3 Å². The molecule has 0 fully saturated rings. The molecule has 0 atom stereocenters. The summed E-state index contributed by atoms with van der Waals surface area (Å²) >= 11 is 7.41. The molecule has 1 aliphatic rings. The van der Waals surface area contributed by atoms with Crippen molar-refractivity contribution in [1.82, 2.24) is 5.32 Å². The predicted octanol–water partition coefficient (Wildman–Crippen LogP) is 4.67. The molecule has 0 aliphatic carbocycles.